The zero-order valence-corrected chi connectivity index (χ0v) is 18.5. The molecule has 0 spiro atoms. The van der Waals surface area contributed by atoms with Crippen LogP contribution in [0.4, 0.5) is 0 Å². The first kappa shape index (κ1) is 23.4. The van der Waals surface area contributed by atoms with Gasteiger partial charge in [-0.15, -0.1) is 0 Å². The molecule has 0 unspecified atom stereocenters. The van der Waals surface area contributed by atoms with Gasteiger partial charge in [0.2, 0.25) is 0 Å². The lowest BCUT2D eigenvalue weighted by Crippen LogP contribution is -1.99. The molecule has 0 saturated heterocycles. The maximum Gasteiger partial charge on any atom is 0.0172 e. The molecule has 156 valence electrons. The molecule has 30 heavy (non-hydrogen) atoms. The molecule has 0 aliphatic heterocycles. The highest BCUT2D eigenvalue weighted by molar-refractivity contribution is 5.45. The van der Waals surface area contributed by atoms with Gasteiger partial charge in [-0.25, -0.2) is 0 Å². The van der Waals surface area contributed by atoms with Crippen molar-refractivity contribution in [1.29, 1.82) is 0 Å². The summed E-state index contributed by atoms with van der Waals surface area (Å²) in [5, 5.41) is 0. The second kappa shape index (κ2) is 12.6. The minimum Gasteiger partial charge on any atom is -0.327 e. The second-order valence-electron chi connectivity index (χ2n) is 7.60. The van der Waals surface area contributed by atoms with Gasteiger partial charge in [-0.1, -0.05) is 105 Å². The van der Waals surface area contributed by atoms with E-state index in [0.29, 0.717) is 6.54 Å². The van der Waals surface area contributed by atoms with Gasteiger partial charge < -0.3 is 5.73 Å². The Morgan fingerprint density at radius 2 is 1.43 bits per heavy atom. The molecular weight excluding hydrogens is 362 g/mol. The third kappa shape index (κ3) is 7.85. The summed E-state index contributed by atoms with van der Waals surface area (Å²) >= 11 is 0. The van der Waals surface area contributed by atoms with E-state index in [1.54, 1.807) is 0 Å². The molecule has 0 aliphatic carbocycles. The molecular formula is C29H35N. The minimum atomic E-state index is 0.479. The van der Waals surface area contributed by atoms with Crippen LogP contribution in [0, 0.1) is 0 Å². The highest BCUT2D eigenvalue weighted by Gasteiger charge is 2.03. The van der Waals surface area contributed by atoms with E-state index in [1.807, 2.05) is 6.08 Å². The molecule has 2 aromatic rings. The molecule has 0 amide bonds. The van der Waals surface area contributed by atoms with E-state index in [9.17, 15) is 0 Å². The highest BCUT2D eigenvalue weighted by Crippen LogP contribution is 2.20. The standard InChI is InChI=1S/C29H35N/c1-5-28(19-12-23(3)22-30)29(6-2)21-24(4)20-27-17-15-26(16-18-27)14-13-25-10-8-7-9-11-25/h5,7-12,15-19,21H,3-4,6,13-14,20,22,30H2,1-2H3/b19-12-,28-5+,29-21+. The van der Waals surface area contributed by atoms with E-state index >= 15 is 0 Å². The first-order valence-corrected chi connectivity index (χ1v) is 10.8. The van der Waals surface area contributed by atoms with Crippen molar-refractivity contribution in [1.82, 2.24) is 0 Å². The van der Waals surface area contributed by atoms with Crippen LogP contribution in [0.5, 0.6) is 0 Å². The lowest BCUT2D eigenvalue weighted by atomic mass is 9.96. The van der Waals surface area contributed by atoms with Crippen molar-refractivity contribution in [3.8, 4) is 0 Å². The van der Waals surface area contributed by atoms with E-state index in [-0.39, 0.29) is 0 Å². The van der Waals surface area contributed by atoms with Crippen molar-refractivity contribution in [2.24, 2.45) is 5.73 Å². The fraction of sp³-hybridized carbons (Fsp3) is 0.241. The molecule has 1 heteroatoms. The highest BCUT2D eigenvalue weighted by atomic mass is 14.5. The third-order valence-corrected chi connectivity index (χ3v) is 5.20. The summed E-state index contributed by atoms with van der Waals surface area (Å²) in [6.45, 7) is 13.0. The zero-order chi connectivity index (χ0) is 21.8. The van der Waals surface area contributed by atoms with Crippen LogP contribution in [0.1, 0.15) is 37.0 Å². The summed E-state index contributed by atoms with van der Waals surface area (Å²) in [5.41, 5.74) is 14.2. The lowest BCUT2D eigenvalue weighted by molar-refractivity contribution is 0.958. The van der Waals surface area contributed by atoms with Gasteiger partial charge in [0.25, 0.3) is 0 Å². The van der Waals surface area contributed by atoms with Gasteiger partial charge in [0.05, 0.1) is 0 Å². The quantitative estimate of drug-likeness (QED) is 0.409. The Balaban J connectivity index is 1.98. The number of hydrogen-bond acceptors (Lipinski definition) is 1. The number of aryl methyl sites for hydroxylation is 2. The van der Waals surface area contributed by atoms with Crippen molar-refractivity contribution >= 4 is 0 Å². The molecule has 2 rings (SSSR count). The maximum absolute atomic E-state index is 5.64. The molecule has 2 N–H and O–H groups in total. The summed E-state index contributed by atoms with van der Waals surface area (Å²) in [7, 11) is 0. The molecule has 0 atom stereocenters. The van der Waals surface area contributed by atoms with Gasteiger partial charge in [0, 0.05) is 6.54 Å². The second-order valence-corrected chi connectivity index (χ2v) is 7.60. The van der Waals surface area contributed by atoms with Crippen molar-refractivity contribution in [3.05, 3.63) is 131 Å². The third-order valence-electron chi connectivity index (χ3n) is 5.20. The van der Waals surface area contributed by atoms with Crippen LogP contribution in [-0.2, 0) is 19.3 Å². The minimum absolute atomic E-state index is 0.479. The summed E-state index contributed by atoms with van der Waals surface area (Å²) in [6.07, 6.45) is 12.4. The largest absolute Gasteiger partial charge is 0.327 e. The van der Waals surface area contributed by atoms with Gasteiger partial charge in [0.1, 0.15) is 0 Å². The van der Waals surface area contributed by atoms with Gasteiger partial charge in [-0.2, -0.15) is 0 Å². The molecule has 0 aliphatic rings. The zero-order valence-electron chi connectivity index (χ0n) is 18.5. The Morgan fingerprint density at radius 1 is 0.833 bits per heavy atom. The Bertz CT molecular complexity index is 909. The maximum atomic E-state index is 5.64. The van der Waals surface area contributed by atoms with Crippen LogP contribution in [0.2, 0.25) is 0 Å². The van der Waals surface area contributed by atoms with E-state index in [1.165, 1.54) is 27.8 Å². The fourth-order valence-corrected chi connectivity index (χ4v) is 3.37. The fourth-order valence-electron chi connectivity index (χ4n) is 3.37. The molecule has 0 aromatic heterocycles. The molecule has 0 fully saturated rings. The molecule has 0 heterocycles. The number of nitrogens with two attached hydrogens (primary N) is 1. The van der Waals surface area contributed by atoms with Crippen LogP contribution >= 0.6 is 0 Å². The summed E-state index contributed by atoms with van der Waals surface area (Å²) < 4.78 is 0. The Kier molecular flexibility index (Phi) is 9.83. The molecule has 0 saturated carbocycles. The Labute approximate surface area is 183 Å². The first-order valence-electron chi connectivity index (χ1n) is 10.8. The summed E-state index contributed by atoms with van der Waals surface area (Å²) in [5.74, 6) is 0. The van der Waals surface area contributed by atoms with Crippen LogP contribution in [0.3, 0.4) is 0 Å². The van der Waals surface area contributed by atoms with Crippen LogP contribution in [-0.4, -0.2) is 6.54 Å². The van der Waals surface area contributed by atoms with Gasteiger partial charge >= 0.3 is 0 Å². The van der Waals surface area contributed by atoms with Crippen LogP contribution in [0.25, 0.3) is 0 Å². The Hall–Kier alpha value is -2.90. The average molecular weight is 398 g/mol. The number of hydrogen-bond donors (Lipinski definition) is 1. The monoisotopic (exact) mass is 397 g/mol. The number of benzene rings is 2. The van der Waals surface area contributed by atoms with Crippen LogP contribution in [0.15, 0.2) is 114 Å². The lowest BCUT2D eigenvalue weighted by Gasteiger charge is -2.09. The van der Waals surface area contributed by atoms with E-state index < -0.39 is 0 Å². The predicted molar refractivity (Wildman–Crippen MR) is 133 cm³/mol. The normalized spacial score (nSPS) is 12.4. The average Bonchev–Trinajstić information content (AvgIpc) is 2.78. The van der Waals surface area contributed by atoms with E-state index in [4.69, 9.17) is 5.73 Å². The van der Waals surface area contributed by atoms with Gasteiger partial charge in [0.15, 0.2) is 0 Å². The van der Waals surface area contributed by atoms with Gasteiger partial charge in [-0.3, -0.25) is 0 Å². The smallest absolute Gasteiger partial charge is 0.0172 e. The SMILES string of the molecule is C=C(\C=C/C(=C\C)C(=C/C(=C)Cc1ccc(CCc2ccccc2)cc1)/CC)CN. The molecule has 0 radical (unpaired) electrons. The topological polar surface area (TPSA) is 26.0 Å². The van der Waals surface area contributed by atoms with Crippen molar-refractivity contribution in [2.45, 2.75) is 39.5 Å². The van der Waals surface area contributed by atoms with E-state index in [2.05, 4.69) is 99.8 Å². The van der Waals surface area contributed by atoms with Crippen LogP contribution < -0.4 is 5.73 Å². The molecule has 2 aromatic carbocycles. The summed E-state index contributed by atoms with van der Waals surface area (Å²) in [6, 6.07) is 19.6. The van der Waals surface area contributed by atoms with Crippen molar-refractivity contribution < 1.29 is 0 Å². The Morgan fingerprint density at radius 3 is 2.00 bits per heavy atom. The number of rotatable bonds is 11. The number of allylic oxidation sites excluding steroid dienone is 6. The predicted octanol–water partition coefficient (Wildman–Crippen LogP) is 6.92. The van der Waals surface area contributed by atoms with Crippen molar-refractivity contribution in [3.63, 3.8) is 0 Å². The van der Waals surface area contributed by atoms with Gasteiger partial charge in [-0.05, 0) is 66.0 Å². The molecule has 0 bridgehead atoms. The summed E-state index contributed by atoms with van der Waals surface area (Å²) in [4.78, 5) is 0. The first-order chi connectivity index (χ1) is 14.5. The molecule has 1 nitrogen and oxygen atoms in total. The van der Waals surface area contributed by atoms with E-state index in [0.717, 1.165) is 36.8 Å². The van der Waals surface area contributed by atoms with Crippen molar-refractivity contribution in [2.75, 3.05) is 6.54 Å².